The first-order chi connectivity index (χ1) is 9.06. The van der Waals surface area contributed by atoms with Crippen molar-refractivity contribution in [3.8, 4) is 0 Å². The van der Waals surface area contributed by atoms with Crippen LogP contribution in [-0.4, -0.2) is 24.3 Å². The summed E-state index contributed by atoms with van der Waals surface area (Å²) in [5.41, 5.74) is 8.32. The van der Waals surface area contributed by atoms with Gasteiger partial charge in [0.25, 0.3) is 0 Å². The molecule has 0 bridgehead atoms. The first-order valence-electron chi connectivity index (χ1n) is 5.88. The van der Waals surface area contributed by atoms with Crippen LogP contribution in [0.15, 0.2) is 33.0 Å². The molecule has 0 aromatic carbocycles. The number of halogens is 1. The van der Waals surface area contributed by atoms with Crippen LogP contribution in [0.4, 0.5) is 0 Å². The molecule has 0 spiro atoms. The minimum absolute atomic E-state index is 0.0772. The van der Waals surface area contributed by atoms with Crippen molar-refractivity contribution < 1.29 is 14.6 Å². The van der Waals surface area contributed by atoms with Crippen LogP contribution in [0.3, 0.4) is 0 Å². The smallest absolute Gasteiger partial charge is 0.352 e. The van der Waals surface area contributed by atoms with Gasteiger partial charge < -0.3 is 5.32 Å². The maximum atomic E-state index is 12.0. The molecule has 0 radical (unpaired) electrons. The van der Waals surface area contributed by atoms with Gasteiger partial charge >= 0.3 is 11.9 Å². The van der Waals surface area contributed by atoms with Crippen LogP contribution in [0.5, 0.6) is 0 Å². The Morgan fingerprint density at radius 2 is 2.05 bits per heavy atom. The lowest BCUT2D eigenvalue weighted by Crippen LogP contribution is -2.71. The largest absolute Gasteiger partial charge is 0.353 e. The van der Waals surface area contributed by atoms with Crippen molar-refractivity contribution in [2.24, 2.45) is 5.73 Å². The Bertz CT molecular complexity index is 628. The summed E-state index contributed by atoms with van der Waals surface area (Å²) in [6.45, 7) is 0.505. The molecule has 0 atom stereocenters. The fourth-order valence-corrected chi connectivity index (χ4v) is 2.96. The van der Waals surface area contributed by atoms with Crippen LogP contribution in [0.25, 0.3) is 0 Å². The zero-order valence-corrected chi connectivity index (χ0v) is 11.6. The van der Waals surface area contributed by atoms with Crippen molar-refractivity contribution in [1.29, 1.82) is 0 Å². The molecule has 0 aromatic heterocycles. The molecular formula is C12H12BrN4O2+. The summed E-state index contributed by atoms with van der Waals surface area (Å²) in [4.78, 5) is 26.6. The van der Waals surface area contributed by atoms with Gasteiger partial charge in [-0.1, -0.05) is 15.9 Å². The van der Waals surface area contributed by atoms with Crippen LogP contribution in [0, 0.1) is 0 Å². The third-order valence-electron chi connectivity index (χ3n) is 3.27. The highest BCUT2D eigenvalue weighted by atomic mass is 79.9. The van der Waals surface area contributed by atoms with Crippen LogP contribution < -0.4 is 21.4 Å². The zero-order valence-electron chi connectivity index (χ0n) is 9.97. The summed E-state index contributed by atoms with van der Waals surface area (Å²) >= 11 is 3.41. The molecule has 0 saturated carbocycles. The second-order valence-electron chi connectivity index (χ2n) is 4.51. The van der Waals surface area contributed by atoms with Gasteiger partial charge in [-0.05, 0) is 18.1 Å². The highest BCUT2D eigenvalue weighted by molar-refractivity contribution is 9.11. The number of carbonyl (C=O) groups is 2. The molecule has 19 heavy (non-hydrogen) atoms. The summed E-state index contributed by atoms with van der Waals surface area (Å²) in [5.74, 6) is -0.115. The number of guanidine groups is 1. The van der Waals surface area contributed by atoms with E-state index >= 15 is 0 Å². The normalized spacial score (nSPS) is 26.6. The quantitative estimate of drug-likeness (QED) is 0.398. The van der Waals surface area contributed by atoms with Gasteiger partial charge in [-0.3, -0.25) is 10.5 Å². The average molecular weight is 324 g/mol. The van der Waals surface area contributed by atoms with Gasteiger partial charge in [-0.15, -0.1) is 0 Å². The third-order valence-corrected chi connectivity index (χ3v) is 3.78. The zero-order chi connectivity index (χ0) is 13.6. The summed E-state index contributed by atoms with van der Waals surface area (Å²) in [5, 5.41) is 5.35. The van der Waals surface area contributed by atoms with Crippen LogP contribution in [-0.2, 0) is 9.59 Å². The molecule has 0 saturated heterocycles. The number of nitrogens with one attached hydrogen (secondary N) is 3. The van der Waals surface area contributed by atoms with E-state index in [1.54, 1.807) is 0 Å². The molecule has 98 valence electrons. The highest BCUT2D eigenvalue weighted by Crippen LogP contribution is 2.36. The van der Waals surface area contributed by atoms with E-state index in [4.69, 9.17) is 5.73 Å². The summed E-state index contributed by atoms with van der Waals surface area (Å²) < 4.78 is 0.933. The number of rotatable bonds is 0. The van der Waals surface area contributed by atoms with Crippen molar-refractivity contribution in [3.05, 3.63) is 33.0 Å². The van der Waals surface area contributed by atoms with E-state index in [-0.39, 0.29) is 17.8 Å². The molecule has 6 nitrogen and oxygen atoms in total. The van der Waals surface area contributed by atoms with Gasteiger partial charge in [0, 0.05) is 28.6 Å². The highest BCUT2D eigenvalue weighted by Gasteiger charge is 2.33. The Kier molecular flexibility index (Phi) is 2.78. The van der Waals surface area contributed by atoms with E-state index in [1.165, 1.54) is 0 Å². The first kappa shape index (κ1) is 12.2. The van der Waals surface area contributed by atoms with E-state index in [2.05, 4.69) is 31.6 Å². The molecule has 0 aromatic rings. The SMILES string of the molecule is NC1=[NH+]/C(=C2/CCNC(=O)C3=C2C=C(Br)C3)C(=O)N1. The fraction of sp³-hybridized carbons (Fsp3) is 0.250. The summed E-state index contributed by atoms with van der Waals surface area (Å²) in [6, 6.07) is 0. The topological polar surface area (TPSA) is 98.2 Å². The third kappa shape index (κ3) is 1.99. The lowest BCUT2D eigenvalue weighted by atomic mass is 9.98. The predicted molar refractivity (Wildman–Crippen MR) is 71.6 cm³/mol. The Labute approximate surface area is 117 Å². The van der Waals surface area contributed by atoms with Gasteiger partial charge in [0.15, 0.2) is 5.70 Å². The minimum Gasteiger partial charge on any atom is -0.352 e. The number of allylic oxidation sites excluding steroid dienone is 3. The molecule has 0 fully saturated rings. The molecule has 5 N–H and O–H groups in total. The second-order valence-corrected chi connectivity index (χ2v) is 5.53. The van der Waals surface area contributed by atoms with Gasteiger partial charge in [-0.2, -0.15) is 0 Å². The Hall–Kier alpha value is -1.89. The summed E-state index contributed by atoms with van der Waals surface area (Å²) in [7, 11) is 0. The molecule has 2 amide bonds. The van der Waals surface area contributed by atoms with Crippen LogP contribution in [0.2, 0.25) is 0 Å². The van der Waals surface area contributed by atoms with Crippen LogP contribution in [0.1, 0.15) is 12.8 Å². The van der Waals surface area contributed by atoms with E-state index in [9.17, 15) is 9.59 Å². The van der Waals surface area contributed by atoms with Crippen molar-refractivity contribution in [1.82, 2.24) is 10.6 Å². The van der Waals surface area contributed by atoms with Crippen molar-refractivity contribution >= 4 is 33.7 Å². The summed E-state index contributed by atoms with van der Waals surface area (Å²) in [6.07, 6.45) is 3.04. The molecule has 0 unspecified atom stereocenters. The van der Waals surface area contributed by atoms with Crippen molar-refractivity contribution in [2.75, 3.05) is 6.54 Å². The molecular weight excluding hydrogens is 312 g/mol. The second kappa shape index (κ2) is 4.34. The number of hydrogen-bond donors (Lipinski definition) is 4. The molecule has 2 aliphatic heterocycles. The van der Waals surface area contributed by atoms with E-state index in [0.29, 0.717) is 30.7 Å². The van der Waals surface area contributed by atoms with Gasteiger partial charge in [-0.25, -0.2) is 15.1 Å². The molecule has 1 aliphatic carbocycles. The first-order valence-corrected chi connectivity index (χ1v) is 6.67. The van der Waals surface area contributed by atoms with Crippen molar-refractivity contribution in [2.45, 2.75) is 12.8 Å². The molecule has 7 heteroatoms. The molecule has 2 heterocycles. The Morgan fingerprint density at radius 3 is 2.74 bits per heavy atom. The molecule has 3 aliphatic rings. The molecule has 3 rings (SSSR count). The number of carbonyl (C=O) groups excluding carboxylic acids is 2. The number of amides is 2. The van der Waals surface area contributed by atoms with E-state index < -0.39 is 0 Å². The van der Waals surface area contributed by atoms with Crippen molar-refractivity contribution in [3.63, 3.8) is 0 Å². The van der Waals surface area contributed by atoms with Crippen LogP contribution >= 0.6 is 15.9 Å². The monoisotopic (exact) mass is 323 g/mol. The van der Waals surface area contributed by atoms with Gasteiger partial charge in [0.2, 0.25) is 5.91 Å². The average Bonchev–Trinajstić information content (AvgIpc) is 2.84. The lowest BCUT2D eigenvalue weighted by molar-refractivity contribution is -0.387. The Morgan fingerprint density at radius 1 is 1.26 bits per heavy atom. The standard InChI is InChI=1S/C12H11BrN4O2/c13-5-3-7-6(9-11(19)17-12(14)16-9)1-2-15-10(18)8(7)4-5/h3H,1-2,4H2,(H,15,18)(H3,14,16,17,19)/p+1/b9-6-. The number of hydrogen-bond acceptors (Lipinski definition) is 3. The maximum absolute atomic E-state index is 12.0. The number of nitrogens with two attached hydrogens (primary N) is 1. The lowest BCUT2D eigenvalue weighted by Gasteiger charge is -2.05. The maximum Gasteiger partial charge on any atom is 0.353 e. The van der Waals surface area contributed by atoms with Gasteiger partial charge in [0.1, 0.15) is 0 Å². The van der Waals surface area contributed by atoms with E-state index in [1.807, 2.05) is 6.08 Å². The van der Waals surface area contributed by atoms with E-state index in [0.717, 1.165) is 15.6 Å². The van der Waals surface area contributed by atoms with Gasteiger partial charge in [0.05, 0.1) is 0 Å². The Balaban J connectivity index is 2.17. The fourth-order valence-electron chi connectivity index (χ4n) is 2.45. The predicted octanol–water partition coefficient (Wildman–Crippen LogP) is -1.74. The minimum atomic E-state index is -0.259.